The first-order chi connectivity index (χ1) is 17.8. The Morgan fingerprint density at radius 2 is 1.54 bits per heavy atom. The maximum absolute atomic E-state index is 12.7. The van der Waals surface area contributed by atoms with Crippen LogP contribution in [0.3, 0.4) is 0 Å². The van der Waals surface area contributed by atoms with Gasteiger partial charge in [0.2, 0.25) is 0 Å². The van der Waals surface area contributed by atoms with Gasteiger partial charge in [-0.15, -0.1) is 0 Å². The lowest BCUT2D eigenvalue weighted by molar-refractivity contribution is 0.0649. The summed E-state index contributed by atoms with van der Waals surface area (Å²) in [6.45, 7) is 1.29. The number of methoxy groups -OCH3 is 1. The van der Waals surface area contributed by atoms with E-state index in [4.69, 9.17) is 14.2 Å². The first-order valence-electron chi connectivity index (χ1n) is 12.3. The Hall–Kier alpha value is -3.75. The molecule has 3 rings (SSSR count). The molecule has 0 bridgehead atoms. The molecule has 8 nitrogen and oxygen atoms in total. The average molecular weight is 507 g/mol. The summed E-state index contributed by atoms with van der Waals surface area (Å²) < 4.78 is 17.1. The Balaban J connectivity index is 1.61. The number of carbonyl (C=O) groups excluding carboxylic acids is 1. The largest absolute Gasteiger partial charge is 0.497 e. The molecule has 0 saturated carbocycles. The highest BCUT2D eigenvalue weighted by Crippen LogP contribution is 2.17. The van der Waals surface area contributed by atoms with E-state index in [1.54, 1.807) is 7.11 Å². The Morgan fingerprint density at radius 1 is 0.838 bits per heavy atom. The zero-order chi connectivity index (χ0) is 26.6. The molecule has 198 valence electrons. The van der Waals surface area contributed by atoms with Crippen molar-refractivity contribution in [2.75, 3.05) is 46.8 Å². The molecule has 2 N–H and O–H groups in total. The molecule has 0 aromatic heterocycles. The molecule has 0 fully saturated rings. The fourth-order valence-corrected chi connectivity index (χ4v) is 3.62. The maximum atomic E-state index is 12.7. The Labute approximate surface area is 220 Å². The monoisotopic (exact) mass is 506 g/mol. The van der Waals surface area contributed by atoms with Crippen molar-refractivity contribution < 1.29 is 19.0 Å². The molecule has 0 aliphatic carbocycles. The summed E-state index contributed by atoms with van der Waals surface area (Å²) in [6, 6.07) is 23.6. The quantitative estimate of drug-likeness (QED) is 0.336. The number of amides is 1. The second-order valence-electron chi connectivity index (χ2n) is 9.18. The fourth-order valence-electron chi connectivity index (χ4n) is 3.62. The first-order valence-corrected chi connectivity index (χ1v) is 12.3. The second-order valence-corrected chi connectivity index (χ2v) is 9.18. The molecule has 3 aromatic carbocycles. The summed E-state index contributed by atoms with van der Waals surface area (Å²) in [6.07, 6.45) is -0.451. The normalized spacial score (nSPS) is 11.6. The third-order valence-electron chi connectivity index (χ3n) is 5.72. The highest BCUT2D eigenvalue weighted by Gasteiger charge is 2.17. The summed E-state index contributed by atoms with van der Waals surface area (Å²) in [4.78, 5) is 14.7. The summed E-state index contributed by atoms with van der Waals surface area (Å²) in [7, 11) is 9.52. The lowest BCUT2D eigenvalue weighted by atomic mass is 10.1. The van der Waals surface area contributed by atoms with Crippen LogP contribution in [0.5, 0.6) is 11.5 Å². The molecule has 3 aromatic rings. The number of benzene rings is 3. The van der Waals surface area contributed by atoms with E-state index in [9.17, 15) is 4.79 Å². The minimum absolute atomic E-state index is 0.224. The Bertz CT molecular complexity index is 1100. The van der Waals surface area contributed by atoms with Gasteiger partial charge in [-0.25, -0.2) is 4.79 Å². The molecule has 0 radical (unpaired) electrons. The van der Waals surface area contributed by atoms with E-state index < -0.39 is 12.2 Å². The van der Waals surface area contributed by atoms with Gasteiger partial charge in [-0.1, -0.05) is 36.4 Å². The van der Waals surface area contributed by atoms with Crippen molar-refractivity contribution in [3.8, 4) is 11.5 Å². The van der Waals surface area contributed by atoms with Gasteiger partial charge in [-0.05, 0) is 53.1 Å². The van der Waals surface area contributed by atoms with E-state index >= 15 is 0 Å². The van der Waals surface area contributed by atoms with E-state index in [1.807, 2.05) is 111 Å². The highest BCUT2D eigenvalue weighted by molar-refractivity contribution is 5.67. The lowest BCUT2D eigenvalue weighted by Gasteiger charge is -2.20. The number of hydrogen-bond donors (Lipinski definition) is 2. The van der Waals surface area contributed by atoms with Crippen LogP contribution in [0, 0.1) is 0 Å². The van der Waals surface area contributed by atoms with Gasteiger partial charge in [0, 0.05) is 53.4 Å². The number of nitrogens with zero attached hydrogens (tertiary/aromatic N) is 2. The van der Waals surface area contributed by atoms with Crippen molar-refractivity contribution in [1.82, 2.24) is 15.8 Å². The predicted octanol–water partition coefficient (Wildman–Crippen LogP) is 4.24. The molecule has 37 heavy (non-hydrogen) atoms. The van der Waals surface area contributed by atoms with Crippen molar-refractivity contribution in [1.29, 1.82) is 0 Å². The zero-order valence-corrected chi connectivity index (χ0v) is 22.4. The van der Waals surface area contributed by atoms with Crippen LogP contribution in [0.1, 0.15) is 16.7 Å². The molecule has 0 aliphatic heterocycles. The van der Waals surface area contributed by atoms with Crippen LogP contribution in [0.2, 0.25) is 0 Å². The van der Waals surface area contributed by atoms with Gasteiger partial charge in [-0.2, -0.15) is 0 Å². The van der Waals surface area contributed by atoms with Crippen molar-refractivity contribution >= 4 is 11.8 Å². The zero-order valence-electron chi connectivity index (χ0n) is 22.4. The number of carbonyl (C=O) groups is 1. The van der Waals surface area contributed by atoms with Crippen LogP contribution < -0.4 is 25.1 Å². The van der Waals surface area contributed by atoms with E-state index in [0.29, 0.717) is 19.5 Å². The second kappa shape index (κ2) is 14.1. The van der Waals surface area contributed by atoms with E-state index in [1.165, 1.54) is 0 Å². The molecule has 1 amide bonds. The van der Waals surface area contributed by atoms with Crippen LogP contribution in [-0.4, -0.2) is 59.1 Å². The van der Waals surface area contributed by atoms with Crippen LogP contribution in [0.15, 0.2) is 72.8 Å². The van der Waals surface area contributed by atoms with Gasteiger partial charge in [0.25, 0.3) is 0 Å². The molecule has 1 unspecified atom stereocenters. The average Bonchev–Trinajstić information content (AvgIpc) is 2.90. The van der Waals surface area contributed by atoms with Crippen LogP contribution in [-0.2, 0) is 24.2 Å². The molecule has 0 saturated heterocycles. The smallest absolute Gasteiger partial charge is 0.407 e. The predicted molar refractivity (Wildman–Crippen MR) is 147 cm³/mol. The third-order valence-corrected chi connectivity index (χ3v) is 5.72. The SMILES string of the molecule is COc1ccc(CC(COc2cccc(CNN(C)C)c2)OC(=O)NCc2ccc(N(C)C)cc2)cc1. The highest BCUT2D eigenvalue weighted by atomic mass is 16.6. The van der Waals surface area contributed by atoms with Crippen molar-refractivity contribution in [3.05, 3.63) is 89.5 Å². The lowest BCUT2D eigenvalue weighted by Crippen LogP contribution is -2.33. The van der Waals surface area contributed by atoms with Crippen LogP contribution in [0.25, 0.3) is 0 Å². The van der Waals surface area contributed by atoms with Crippen molar-refractivity contribution in [2.45, 2.75) is 25.6 Å². The summed E-state index contributed by atoms with van der Waals surface area (Å²) in [5, 5.41) is 4.76. The van der Waals surface area contributed by atoms with Gasteiger partial charge in [0.05, 0.1) is 7.11 Å². The number of rotatable bonds is 13. The van der Waals surface area contributed by atoms with Crippen LogP contribution >= 0.6 is 0 Å². The third kappa shape index (κ3) is 9.67. The van der Waals surface area contributed by atoms with E-state index in [0.717, 1.165) is 33.9 Å². The number of hydrogen-bond acceptors (Lipinski definition) is 7. The molecular formula is C29H38N4O4. The summed E-state index contributed by atoms with van der Waals surface area (Å²) >= 11 is 0. The minimum Gasteiger partial charge on any atom is -0.497 e. The van der Waals surface area contributed by atoms with Gasteiger partial charge in [-0.3, -0.25) is 10.4 Å². The molecule has 8 heteroatoms. The first kappa shape index (κ1) is 27.8. The number of nitrogens with one attached hydrogen (secondary N) is 2. The van der Waals surface area contributed by atoms with Crippen LogP contribution in [0.4, 0.5) is 10.5 Å². The van der Waals surface area contributed by atoms with Gasteiger partial charge in [0.1, 0.15) is 24.2 Å². The number of hydrazine groups is 1. The number of anilines is 1. The Kier molecular flexibility index (Phi) is 10.6. The minimum atomic E-state index is -0.484. The summed E-state index contributed by atoms with van der Waals surface area (Å²) in [5.74, 6) is 1.50. The van der Waals surface area contributed by atoms with Gasteiger partial charge < -0.3 is 24.4 Å². The topological polar surface area (TPSA) is 75.3 Å². The molecule has 0 heterocycles. The molecule has 1 atom stereocenters. The maximum Gasteiger partial charge on any atom is 0.407 e. The molecule has 0 spiro atoms. The van der Waals surface area contributed by atoms with Gasteiger partial charge >= 0.3 is 6.09 Å². The number of alkyl carbamates (subject to hydrolysis) is 1. The fraction of sp³-hybridized carbons (Fsp3) is 0.345. The van der Waals surface area contributed by atoms with E-state index in [-0.39, 0.29) is 6.61 Å². The summed E-state index contributed by atoms with van der Waals surface area (Å²) in [5.41, 5.74) is 7.45. The molecular weight excluding hydrogens is 468 g/mol. The Morgan fingerprint density at radius 3 is 2.19 bits per heavy atom. The standard InChI is InChI=1S/C29H38N4O4/c1-32(2)25-13-9-23(10-14-25)19-30-29(34)37-28(17-22-11-15-26(35-5)16-12-22)21-36-27-8-6-7-24(18-27)20-31-33(3)4/h6-16,18,28,31H,17,19-21H2,1-5H3,(H,30,34). The van der Waals surface area contributed by atoms with E-state index in [2.05, 4.69) is 10.7 Å². The van der Waals surface area contributed by atoms with Gasteiger partial charge in [0.15, 0.2) is 0 Å². The molecule has 0 aliphatic rings. The van der Waals surface area contributed by atoms with Crippen molar-refractivity contribution in [2.24, 2.45) is 0 Å². The number of ether oxygens (including phenoxy) is 3. The van der Waals surface area contributed by atoms with Crippen molar-refractivity contribution in [3.63, 3.8) is 0 Å².